The molecule has 27 heavy (non-hydrogen) atoms. The van der Waals surface area contributed by atoms with E-state index in [2.05, 4.69) is 9.97 Å². The monoisotopic (exact) mass is 360 g/mol. The number of H-pyrrole nitrogens is 1. The predicted molar refractivity (Wildman–Crippen MR) is 105 cm³/mol. The Morgan fingerprint density at radius 2 is 1.70 bits per heavy atom. The van der Waals surface area contributed by atoms with E-state index in [4.69, 9.17) is 14.2 Å². The number of methoxy groups -OCH3 is 2. The first-order valence-corrected chi connectivity index (χ1v) is 8.66. The number of nitrogens with zero attached hydrogens (tertiary/aromatic N) is 1. The van der Waals surface area contributed by atoms with Gasteiger partial charge in [-0.05, 0) is 42.5 Å². The Labute approximate surface area is 157 Å². The lowest BCUT2D eigenvalue weighted by Crippen LogP contribution is -2.00. The van der Waals surface area contributed by atoms with Crippen molar-refractivity contribution >= 4 is 11.0 Å². The molecule has 5 nitrogen and oxygen atoms in total. The summed E-state index contributed by atoms with van der Waals surface area (Å²) in [7, 11) is 3.30. The van der Waals surface area contributed by atoms with E-state index in [0.717, 1.165) is 45.2 Å². The van der Waals surface area contributed by atoms with Gasteiger partial charge in [-0.1, -0.05) is 18.2 Å². The average molecular weight is 360 g/mol. The third-order valence-electron chi connectivity index (χ3n) is 4.38. The van der Waals surface area contributed by atoms with Gasteiger partial charge in [0.1, 0.15) is 29.7 Å². The molecule has 4 aromatic rings. The summed E-state index contributed by atoms with van der Waals surface area (Å²) in [4.78, 5) is 8.02. The SMILES string of the molecule is COc1cccc(OCc2cc(-c3nc4ccccc4[nH]3)ccc2OC)c1. The second-order valence-electron chi connectivity index (χ2n) is 6.10. The van der Waals surface area contributed by atoms with Gasteiger partial charge in [-0.3, -0.25) is 0 Å². The molecule has 0 spiro atoms. The van der Waals surface area contributed by atoms with Crippen LogP contribution in [0.15, 0.2) is 66.7 Å². The predicted octanol–water partition coefficient (Wildman–Crippen LogP) is 4.83. The molecule has 5 heteroatoms. The molecular weight excluding hydrogens is 340 g/mol. The lowest BCUT2D eigenvalue weighted by atomic mass is 10.1. The van der Waals surface area contributed by atoms with Crippen molar-refractivity contribution in [3.05, 3.63) is 72.3 Å². The summed E-state index contributed by atoms with van der Waals surface area (Å²) in [5.74, 6) is 3.10. The number of nitrogens with one attached hydrogen (secondary N) is 1. The highest BCUT2D eigenvalue weighted by Gasteiger charge is 2.10. The Bertz CT molecular complexity index is 1040. The van der Waals surface area contributed by atoms with Crippen LogP contribution in [-0.2, 0) is 6.61 Å². The minimum absolute atomic E-state index is 0.379. The molecule has 1 N–H and O–H groups in total. The van der Waals surface area contributed by atoms with E-state index in [1.807, 2.05) is 66.7 Å². The van der Waals surface area contributed by atoms with E-state index >= 15 is 0 Å². The fraction of sp³-hybridized carbons (Fsp3) is 0.136. The smallest absolute Gasteiger partial charge is 0.138 e. The zero-order valence-electron chi connectivity index (χ0n) is 15.2. The molecule has 0 bridgehead atoms. The molecule has 0 fully saturated rings. The van der Waals surface area contributed by atoms with Crippen molar-refractivity contribution in [3.63, 3.8) is 0 Å². The number of rotatable bonds is 6. The van der Waals surface area contributed by atoms with Crippen LogP contribution in [0.1, 0.15) is 5.56 Å². The molecule has 4 rings (SSSR count). The molecule has 0 aliphatic heterocycles. The van der Waals surface area contributed by atoms with E-state index < -0.39 is 0 Å². The maximum atomic E-state index is 5.94. The summed E-state index contributed by atoms with van der Waals surface area (Å²) in [6.07, 6.45) is 0. The zero-order valence-corrected chi connectivity index (χ0v) is 15.2. The number of ether oxygens (including phenoxy) is 3. The van der Waals surface area contributed by atoms with Crippen molar-refractivity contribution in [3.8, 4) is 28.6 Å². The number of hydrogen-bond donors (Lipinski definition) is 1. The van der Waals surface area contributed by atoms with E-state index in [1.54, 1.807) is 14.2 Å². The first-order chi connectivity index (χ1) is 13.3. The minimum Gasteiger partial charge on any atom is -0.497 e. The van der Waals surface area contributed by atoms with Crippen LogP contribution in [0.3, 0.4) is 0 Å². The van der Waals surface area contributed by atoms with Gasteiger partial charge in [0.15, 0.2) is 0 Å². The Kier molecular flexibility index (Phi) is 4.66. The molecule has 0 aliphatic rings. The van der Waals surface area contributed by atoms with Gasteiger partial charge >= 0.3 is 0 Å². The molecule has 1 heterocycles. The minimum atomic E-state index is 0.379. The van der Waals surface area contributed by atoms with Crippen molar-refractivity contribution in [2.45, 2.75) is 6.61 Å². The van der Waals surface area contributed by atoms with Crippen molar-refractivity contribution in [1.82, 2.24) is 9.97 Å². The Balaban J connectivity index is 1.62. The highest BCUT2D eigenvalue weighted by atomic mass is 16.5. The fourth-order valence-electron chi connectivity index (χ4n) is 2.98. The summed E-state index contributed by atoms with van der Waals surface area (Å²) in [6.45, 7) is 0.379. The summed E-state index contributed by atoms with van der Waals surface area (Å²) in [6, 6.07) is 21.5. The standard InChI is InChI=1S/C22H20N2O3/c1-25-17-6-5-7-18(13-17)27-14-16-12-15(10-11-21(16)26-2)22-23-19-8-3-4-9-20(19)24-22/h3-13H,14H2,1-2H3,(H,23,24). The van der Waals surface area contributed by atoms with Gasteiger partial charge < -0.3 is 19.2 Å². The second-order valence-corrected chi connectivity index (χ2v) is 6.10. The van der Waals surface area contributed by atoms with Crippen LogP contribution in [0.4, 0.5) is 0 Å². The van der Waals surface area contributed by atoms with Gasteiger partial charge in [0.25, 0.3) is 0 Å². The number of hydrogen-bond acceptors (Lipinski definition) is 4. The van der Waals surface area contributed by atoms with Gasteiger partial charge in [0.05, 0.1) is 25.3 Å². The van der Waals surface area contributed by atoms with E-state index in [-0.39, 0.29) is 0 Å². The third-order valence-corrected chi connectivity index (χ3v) is 4.38. The van der Waals surface area contributed by atoms with Gasteiger partial charge in [-0.15, -0.1) is 0 Å². The van der Waals surface area contributed by atoms with Crippen molar-refractivity contribution in [1.29, 1.82) is 0 Å². The molecule has 3 aromatic carbocycles. The summed E-state index contributed by atoms with van der Waals surface area (Å²) >= 11 is 0. The molecule has 136 valence electrons. The molecule has 1 aromatic heterocycles. The largest absolute Gasteiger partial charge is 0.497 e. The number of para-hydroxylation sites is 2. The number of aromatic nitrogens is 2. The van der Waals surface area contributed by atoms with Crippen LogP contribution in [0, 0.1) is 0 Å². The Morgan fingerprint density at radius 1 is 0.852 bits per heavy atom. The highest BCUT2D eigenvalue weighted by molar-refractivity contribution is 5.79. The Morgan fingerprint density at radius 3 is 2.52 bits per heavy atom. The number of benzene rings is 3. The zero-order chi connectivity index (χ0) is 18.6. The maximum absolute atomic E-state index is 5.94. The normalized spacial score (nSPS) is 10.7. The first-order valence-electron chi connectivity index (χ1n) is 8.66. The summed E-state index contributed by atoms with van der Waals surface area (Å²) in [5, 5.41) is 0. The van der Waals surface area contributed by atoms with E-state index in [9.17, 15) is 0 Å². The fourth-order valence-corrected chi connectivity index (χ4v) is 2.98. The summed E-state index contributed by atoms with van der Waals surface area (Å²) < 4.78 is 16.7. The summed E-state index contributed by atoms with van der Waals surface area (Å²) in [5.41, 5.74) is 3.88. The first kappa shape index (κ1) is 17.0. The third kappa shape index (κ3) is 3.58. The van der Waals surface area contributed by atoms with Gasteiger partial charge in [0.2, 0.25) is 0 Å². The quantitative estimate of drug-likeness (QED) is 0.535. The number of fused-ring (bicyclic) bond motifs is 1. The molecule has 0 saturated heterocycles. The molecule has 0 radical (unpaired) electrons. The number of imidazole rings is 1. The maximum Gasteiger partial charge on any atom is 0.138 e. The van der Waals surface area contributed by atoms with Crippen molar-refractivity contribution in [2.75, 3.05) is 14.2 Å². The van der Waals surface area contributed by atoms with E-state index in [0.29, 0.717) is 6.61 Å². The van der Waals surface area contributed by atoms with Gasteiger partial charge in [-0.25, -0.2) is 4.98 Å². The van der Waals surface area contributed by atoms with Crippen molar-refractivity contribution in [2.24, 2.45) is 0 Å². The molecular formula is C22H20N2O3. The van der Waals surface area contributed by atoms with Gasteiger partial charge in [0, 0.05) is 17.2 Å². The molecule has 0 saturated carbocycles. The molecule has 0 atom stereocenters. The molecule has 0 aliphatic carbocycles. The second kappa shape index (κ2) is 7.41. The van der Waals surface area contributed by atoms with Gasteiger partial charge in [-0.2, -0.15) is 0 Å². The topological polar surface area (TPSA) is 56.4 Å². The number of aromatic amines is 1. The lowest BCUT2D eigenvalue weighted by molar-refractivity contribution is 0.294. The Hall–Kier alpha value is -3.47. The van der Waals surface area contributed by atoms with Crippen molar-refractivity contribution < 1.29 is 14.2 Å². The van der Waals surface area contributed by atoms with E-state index in [1.165, 1.54) is 0 Å². The average Bonchev–Trinajstić information content (AvgIpc) is 3.16. The van der Waals surface area contributed by atoms with Crippen LogP contribution in [-0.4, -0.2) is 24.2 Å². The van der Waals surface area contributed by atoms with Crippen LogP contribution in [0.25, 0.3) is 22.4 Å². The molecule has 0 amide bonds. The van der Waals surface area contributed by atoms with Crippen LogP contribution >= 0.6 is 0 Å². The lowest BCUT2D eigenvalue weighted by Gasteiger charge is -2.12. The highest BCUT2D eigenvalue weighted by Crippen LogP contribution is 2.28. The van der Waals surface area contributed by atoms with Crippen LogP contribution < -0.4 is 14.2 Å². The molecule has 0 unspecified atom stereocenters. The van der Waals surface area contributed by atoms with Crippen LogP contribution in [0.2, 0.25) is 0 Å². The van der Waals surface area contributed by atoms with Crippen LogP contribution in [0.5, 0.6) is 17.2 Å².